The molecule has 106 valence electrons. The van der Waals surface area contributed by atoms with E-state index in [1.807, 2.05) is 12.1 Å². The molecule has 1 fully saturated rings. The molecule has 1 heterocycles. The predicted molar refractivity (Wildman–Crippen MR) is 72.4 cm³/mol. The van der Waals surface area contributed by atoms with E-state index in [1.54, 1.807) is 6.07 Å². The Bertz CT molecular complexity index is 399. The zero-order valence-corrected chi connectivity index (χ0v) is 11.1. The highest BCUT2D eigenvalue weighted by atomic mass is 19.1. The summed E-state index contributed by atoms with van der Waals surface area (Å²) in [5, 5.41) is 18.9. The van der Waals surface area contributed by atoms with E-state index in [-0.39, 0.29) is 24.6 Å². The lowest BCUT2D eigenvalue weighted by molar-refractivity contribution is 0.0167. The molecular formula is C15H22FNO2. The van der Waals surface area contributed by atoms with Crippen LogP contribution in [0.1, 0.15) is 24.8 Å². The first kappa shape index (κ1) is 14.4. The number of piperidine rings is 1. The van der Waals surface area contributed by atoms with Gasteiger partial charge in [0, 0.05) is 12.6 Å². The lowest BCUT2D eigenvalue weighted by Crippen LogP contribution is -2.46. The van der Waals surface area contributed by atoms with Crippen LogP contribution < -0.4 is 0 Å². The van der Waals surface area contributed by atoms with Crippen LogP contribution in [-0.2, 0) is 6.42 Å². The van der Waals surface area contributed by atoms with Gasteiger partial charge < -0.3 is 10.2 Å². The van der Waals surface area contributed by atoms with Crippen molar-refractivity contribution < 1.29 is 14.6 Å². The van der Waals surface area contributed by atoms with Crippen LogP contribution in [-0.4, -0.2) is 47.0 Å². The third-order valence-electron chi connectivity index (χ3n) is 3.87. The van der Waals surface area contributed by atoms with E-state index in [0.29, 0.717) is 12.8 Å². The quantitative estimate of drug-likeness (QED) is 0.851. The average molecular weight is 267 g/mol. The van der Waals surface area contributed by atoms with E-state index in [1.165, 1.54) is 6.07 Å². The van der Waals surface area contributed by atoms with Crippen molar-refractivity contribution in [2.24, 2.45) is 0 Å². The smallest absolute Gasteiger partial charge is 0.126 e. The topological polar surface area (TPSA) is 43.7 Å². The number of nitrogens with zero attached hydrogens (tertiary/aromatic N) is 1. The van der Waals surface area contributed by atoms with E-state index in [4.69, 9.17) is 0 Å². The van der Waals surface area contributed by atoms with Crippen molar-refractivity contribution in [3.05, 3.63) is 35.6 Å². The summed E-state index contributed by atoms with van der Waals surface area (Å²) < 4.78 is 13.5. The van der Waals surface area contributed by atoms with Crippen molar-refractivity contribution in [2.45, 2.75) is 37.8 Å². The lowest BCUT2D eigenvalue weighted by Gasteiger charge is -2.36. The molecule has 2 rings (SSSR count). The molecule has 0 aromatic heterocycles. The number of aliphatic hydroxyl groups is 2. The van der Waals surface area contributed by atoms with Crippen LogP contribution in [0.2, 0.25) is 0 Å². The van der Waals surface area contributed by atoms with Gasteiger partial charge in [0.15, 0.2) is 0 Å². The lowest BCUT2D eigenvalue weighted by atomic mass is 9.99. The van der Waals surface area contributed by atoms with Gasteiger partial charge in [-0.1, -0.05) is 18.2 Å². The standard InChI is InChI=1S/C15H22FNO2/c16-15-6-2-1-4-12(15)5-3-8-17-9-7-14(19)10-13(17)11-18/h1-2,4,6,13-14,18-19H,3,5,7-11H2. The Hall–Kier alpha value is -0.970. The molecule has 0 radical (unpaired) electrons. The van der Waals surface area contributed by atoms with Crippen LogP contribution in [0.25, 0.3) is 0 Å². The summed E-state index contributed by atoms with van der Waals surface area (Å²) in [5.74, 6) is -0.143. The Labute approximate surface area is 113 Å². The first-order valence-electron chi connectivity index (χ1n) is 6.97. The minimum atomic E-state index is -0.292. The highest BCUT2D eigenvalue weighted by Gasteiger charge is 2.26. The Morgan fingerprint density at radius 2 is 2.11 bits per heavy atom. The molecule has 1 aliphatic heterocycles. The van der Waals surface area contributed by atoms with Gasteiger partial charge in [-0.3, -0.25) is 4.90 Å². The molecule has 2 atom stereocenters. The maximum absolute atomic E-state index is 13.5. The van der Waals surface area contributed by atoms with Crippen molar-refractivity contribution in [1.29, 1.82) is 0 Å². The number of hydrogen-bond donors (Lipinski definition) is 2. The van der Waals surface area contributed by atoms with Crippen molar-refractivity contribution in [3.63, 3.8) is 0 Å². The van der Waals surface area contributed by atoms with Crippen LogP contribution in [0.3, 0.4) is 0 Å². The molecule has 0 bridgehead atoms. The SMILES string of the molecule is OCC1CC(O)CCN1CCCc1ccccc1F. The molecule has 2 N–H and O–H groups in total. The van der Waals surface area contributed by atoms with Gasteiger partial charge in [0.1, 0.15) is 5.82 Å². The molecule has 0 amide bonds. The van der Waals surface area contributed by atoms with Gasteiger partial charge in [-0.15, -0.1) is 0 Å². The van der Waals surface area contributed by atoms with Crippen molar-refractivity contribution in [3.8, 4) is 0 Å². The zero-order valence-electron chi connectivity index (χ0n) is 11.1. The second-order valence-corrected chi connectivity index (χ2v) is 5.25. The Morgan fingerprint density at radius 1 is 1.32 bits per heavy atom. The molecule has 2 unspecified atom stereocenters. The van der Waals surface area contributed by atoms with Gasteiger partial charge in [-0.25, -0.2) is 4.39 Å². The molecular weight excluding hydrogens is 245 g/mol. The first-order valence-corrected chi connectivity index (χ1v) is 6.97. The third-order valence-corrected chi connectivity index (χ3v) is 3.87. The third kappa shape index (κ3) is 4.00. The molecule has 0 spiro atoms. The molecule has 1 aromatic carbocycles. The molecule has 19 heavy (non-hydrogen) atoms. The van der Waals surface area contributed by atoms with Crippen LogP contribution in [0, 0.1) is 5.82 Å². The maximum atomic E-state index is 13.5. The van der Waals surface area contributed by atoms with Crippen molar-refractivity contribution >= 4 is 0 Å². The van der Waals surface area contributed by atoms with Gasteiger partial charge in [-0.2, -0.15) is 0 Å². The molecule has 0 aliphatic carbocycles. The largest absolute Gasteiger partial charge is 0.395 e. The highest BCUT2D eigenvalue weighted by molar-refractivity contribution is 5.17. The molecule has 3 nitrogen and oxygen atoms in total. The summed E-state index contributed by atoms with van der Waals surface area (Å²) in [7, 11) is 0. The number of halogens is 1. The fraction of sp³-hybridized carbons (Fsp3) is 0.600. The second-order valence-electron chi connectivity index (χ2n) is 5.25. The number of rotatable bonds is 5. The molecule has 1 saturated heterocycles. The van der Waals surface area contributed by atoms with Crippen LogP contribution >= 0.6 is 0 Å². The van der Waals surface area contributed by atoms with Crippen LogP contribution in [0.15, 0.2) is 24.3 Å². The summed E-state index contributed by atoms with van der Waals surface area (Å²) in [6.45, 7) is 1.73. The number of aryl methyl sites for hydroxylation is 1. The number of benzene rings is 1. The molecule has 0 saturated carbocycles. The fourth-order valence-electron chi connectivity index (χ4n) is 2.74. The summed E-state index contributed by atoms with van der Waals surface area (Å²) in [6.07, 6.45) is 2.68. The predicted octanol–water partition coefficient (Wildman–Crippen LogP) is 1.58. The maximum Gasteiger partial charge on any atom is 0.126 e. The molecule has 1 aliphatic rings. The van der Waals surface area contributed by atoms with E-state index < -0.39 is 0 Å². The summed E-state index contributed by atoms with van der Waals surface area (Å²) in [4.78, 5) is 2.20. The van der Waals surface area contributed by atoms with E-state index in [9.17, 15) is 14.6 Å². The van der Waals surface area contributed by atoms with Crippen LogP contribution in [0.5, 0.6) is 0 Å². The average Bonchev–Trinajstić information content (AvgIpc) is 2.42. The van der Waals surface area contributed by atoms with Crippen molar-refractivity contribution in [2.75, 3.05) is 19.7 Å². The minimum absolute atomic E-state index is 0.0457. The molecule has 1 aromatic rings. The zero-order chi connectivity index (χ0) is 13.7. The van der Waals surface area contributed by atoms with Gasteiger partial charge in [0.25, 0.3) is 0 Å². The monoisotopic (exact) mass is 267 g/mol. The summed E-state index contributed by atoms with van der Waals surface area (Å²) in [6, 6.07) is 6.91. The normalized spacial score (nSPS) is 24.6. The van der Waals surface area contributed by atoms with Gasteiger partial charge in [-0.05, 0) is 43.9 Å². The summed E-state index contributed by atoms with van der Waals surface area (Å²) in [5.41, 5.74) is 0.750. The minimum Gasteiger partial charge on any atom is -0.395 e. The number of hydrogen-bond acceptors (Lipinski definition) is 3. The number of aliphatic hydroxyl groups excluding tert-OH is 2. The first-order chi connectivity index (χ1) is 9.20. The Morgan fingerprint density at radius 3 is 2.84 bits per heavy atom. The fourth-order valence-corrected chi connectivity index (χ4v) is 2.74. The number of likely N-dealkylation sites (tertiary alicyclic amines) is 1. The van der Waals surface area contributed by atoms with Crippen molar-refractivity contribution in [1.82, 2.24) is 4.90 Å². The van der Waals surface area contributed by atoms with Gasteiger partial charge >= 0.3 is 0 Å². The highest BCUT2D eigenvalue weighted by Crippen LogP contribution is 2.18. The Kier molecular flexibility index (Phi) is 5.31. The van der Waals surface area contributed by atoms with E-state index >= 15 is 0 Å². The van der Waals surface area contributed by atoms with E-state index in [2.05, 4.69) is 4.90 Å². The Balaban J connectivity index is 1.80. The second kappa shape index (κ2) is 6.98. The van der Waals surface area contributed by atoms with Crippen LogP contribution in [0.4, 0.5) is 4.39 Å². The van der Waals surface area contributed by atoms with E-state index in [0.717, 1.165) is 31.5 Å². The van der Waals surface area contributed by atoms with Gasteiger partial charge in [0.2, 0.25) is 0 Å². The van der Waals surface area contributed by atoms with Gasteiger partial charge in [0.05, 0.1) is 12.7 Å². The summed E-state index contributed by atoms with van der Waals surface area (Å²) >= 11 is 0. The molecule has 4 heteroatoms.